The first kappa shape index (κ1) is 17.7. The van der Waals surface area contributed by atoms with Crippen LogP contribution in [0.25, 0.3) is 0 Å². The van der Waals surface area contributed by atoms with E-state index in [-0.39, 0.29) is 35.9 Å². The van der Waals surface area contributed by atoms with E-state index in [1.165, 1.54) is 0 Å². The Morgan fingerprint density at radius 2 is 2.22 bits per heavy atom. The molecule has 1 aliphatic rings. The van der Waals surface area contributed by atoms with Gasteiger partial charge >= 0.3 is 0 Å². The second kappa shape index (κ2) is 7.97. The van der Waals surface area contributed by atoms with E-state index >= 15 is 0 Å². The summed E-state index contributed by atoms with van der Waals surface area (Å²) in [7, 11) is 1.71. The molecule has 0 saturated carbocycles. The number of carbonyl (C=O) groups excluding carboxylic acids is 1. The predicted molar refractivity (Wildman–Crippen MR) is 76.2 cm³/mol. The number of halogens is 1. The van der Waals surface area contributed by atoms with Crippen LogP contribution in [-0.2, 0) is 9.53 Å². The number of hydrogen-bond acceptors (Lipinski definition) is 3. The third-order valence-corrected chi connectivity index (χ3v) is 3.41. The number of amides is 1. The number of nitrogens with one attached hydrogen (secondary N) is 2. The van der Waals surface area contributed by atoms with Gasteiger partial charge in [-0.1, -0.05) is 0 Å². The first-order valence-corrected chi connectivity index (χ1v) is 6.51. The van der Waals surface area contributed by atoms with E-state index in [0.29, 0.717) is 0 Å². The average Bonchev–Trinajstić information content (AvgIpc) is 2.29. The van der Waals surface area contributed by atoms with Gasteiger partial charge in [-0.05, 0) is 46.6 Å². The smallest absolute Gasteiger partial charge is 0.224 e. The van der Waals surface area contributed by atoms with Crippen molar-refractivity contribution in [3.8, 4) is 0 Å². The molecule has 0 radical (unpaired) electrons. The summed E-state index contributed by atoms with van der Waals surface area (Å²) in [4.78, 5) is 12.0. The first-order chi connectivity index (χ1) is 7.94. The number of carbonyl (C=O) groups is 1. The summed E-state index contributed by atoms with van der Waals surface area (Å²) in [6, 6.07) is 0.152. The van der Waals surface area contributed by atoms with Crippen molar-refractivity contribution in [2.45, 2.75) is 51.7 Å². The van der Waals surface area contributed by atoms with Crippen molar-refractivity contribution in [2.75, 3.05) is 20.2 Å². The van der Waals surface area contributed by atoms with Crippen LogP contribution in [0.1, 0.15) is 40.0 Å². The van der Waals surface area contributed by atoms with Gasteiger partial charge in [-0.2, -0.15) is 0 Å². The Labute approximate surface area is 117 Å². The van der Waals surface area contributed by atoms with Gasteiger partial charge in [-0.25, -0.2) is 0 Å². The maximum atomic E-state index is 12.0. The van der Waals surface area contributed by atoms with Crippen LogP contribution >= 0.6 is 12.4 Å². The van der Waals surface area contributed by atoms with Crippen LogP contribution in [0.5, 0.6) is 0 Å². The molecule has 2 atom stereocenters. The van der Waals surface area contributed by atoms with Crippen molar-refractivity contribution in [3.05, 3.63) is 0 Å². The standard InChI is InChI=1S/C13H26N2O2.ClH/c1-10(8-13(2,3)17-4)15-12(16)11-6-5-7-14-9-11;/h10-11,14H,5-9H2,1-4H3,(H,15,16);1H. The lowest BCUT2D eigenvalue weighted by molar-refractivity contribution is -0.126. The summed E-state index contributed by atoms with van der Waals surface area (Å²) in [5.41, 5.74) is -0.183. The van der Waals surface area contributed by atoms with Crippen molar-refractivity contribution >= 4 is 18.3 Å². The second-order valence-electron chi connectivity index (χ2n) is 5.62. The minimum atomic E-state index is -0.183. The van der Waals surface area contributed by atoms with Gasteiger partial charge < -0.3 is 15.4 Å². The van der Waals surface area contributed by atoms with E-state index in [0.717, 1.165) is 32.4 Å². The molecule has 0 aromatic rings. The quantitative estimate of drug-likeness (QED) is 0.805. The summed E-state index contributed by atoms with van der Waals surface area (Å²) < 4.78 is 5.37. The van der Waals surface area contributed by atoms with Crippen LogP contribution in [0.2, 0.25) is 0 Å². The average molecular weight is 279 g/mol. The molecule has 0 aliphatic carbocycles. The van der Waals surface area contributed by atoms with E-state index in [9.17, 15) is 4.79 Å². The Kier molecular flexibility index (Phi) is 7.83. The number of ether oxygens (including phenoxy) is 1. The summed E-state index contributed by atoms with van der Waals surface area (Å²) in [6.45, 7) is 7.97. The molecule has 5 heteroatoms. The van der Waals surface area contributed by atoms with Crippen LogP contribution in [0.15, 0.2) is 0 Å². The lowest BCUT2D eigenvalue weighted by Crippen LogP contribution is -2.45. The van der Waals surface area contributed by atoms with Crippen molar-refractivity contribution in [2.24, 2.45) is 5.92 Å². The molecule has 18 heavy (non-hydrogen) atoms. The van der Waals surface area contributed by atoms with Gasteiger partial charge in [0, 0.05) is 19.7 Å². The van der Waals surface area contributed by atoms with Gasteiger partial charge in [0.05, 0.1) is 11.5 Å². The fraction of sp³-hybridized carbons (Fsp3) is 0.923. The zero-order valence-corrected chi connectivity index (χ0v) is 12.7. The predicted octanol–water partition coefficient (Wildman–Crippen LogP) is 1.73. The van der Waals surface area contributed by atoms with Crippen LogP contribution in [0.4, 0.5) is 0 Å². The van der Waals surface area contributed by atoms with Gasteiger partial charge in [0.1, 0.15) is 0 Å². The topological polar surface area (TPSA) is 50.4 Å². The Morgan fingerprint density at radius 3 is 2.72 bits per heavy atom. The number of methoxy groups -OCH3 is 1. The highest BCUT2D eigenvalue weighted by Crippen LogP contribution is 2.16. The number of hydrogen-bond donors (Lipinski definition) is 2. The summed E-state index contributed by atoms with van der Waals surface area (Å²) >= 11 is 0. The van der Waals surface area contributed by atoms with Crippen molar-refractivity contribution in [1.29, 1.82) is 0 Å². The minimum absolute atomic E-state index is 0. The minimum Gasteiger partial charge on any atom is -0.379 e. The van der Waals surface area contributed by atoms with Crippen molar-refractivity contribution in [3.63, 3.8) is 0 Å². The SMILES string of the molecule is COC(C)(C)CC(C)NC(=O)C1CCCNC1.Cl. The highest BCUT2D eigenvalue weighted by atomic mass is 35.5. The maximum absolute atomic E-state index is 12.0. The molecule has 0 aromatic carbocycles. The van der Waals surface area contributed by atoms with Crippen LogP contribution in [-0.4, -0.2) is 37.7 Å². The molecule has 1 heterocycles. The third kappa shape index (κ3) is 6.03. The Bertz CT molecular complexity index is 253. The molecule has 4 nitrogen and oxygen atoms in total. The molecule has 1 rings (SSSR count). The molecule has 0 aromatic heterocycles. The fourth-order valence-corrected chi connectivity index (χ4v) is 2.31. The highest BCUT2D eigenvalue weighted by molar-refractivity contribution is 5.85. The second-order valence-corrected chi connectivity index (χ2v) is 5.62. The van der Waals surface area contributed by atoms with Gasteiger partial charge in [-0.15, -0.1) is 12.4 Å². The molecule has 1 fully saturated rings. The summed E-state index contributed by atoms with van der Waals surface area (Å²) in [6.07, 6.45) is 2.92. The van der Waals surface area contributed by atoms with Crippen LogP contribution in [0, 0.1) is 5.92 Å². The Hall–Kier alpha value is -0.320. The third-order valence-electron chi connectivity index (χ3n) is 3.41. The molecule has 2 unspecified atom stereocenters. The van der Waals surface area contributed by atoms with Gasteiger partial charge in [0.25, 0.3) is 0 Å². The molecular weight excluding hydrogens is 252 g/mol. The maximum Gasteiger partial charge on any atom is 0.224 e. The van der Waals surface area contributed by atoms with Gasteiger partial charge in [0.15, 0.2) is 0 Å². The van der Waals surface area contributed by atoms with Crippen LogP contribution < -0.4 is 10.6 Å². The zero-order chi connectivity index (χ0) is 12.9. The lowest BCUT2D eigenvalue weighted by Gasteiger charge is -2.29. The number of piperidine rings is 1. The van der Waals surface area contributed by atoms with Crippen LogP contribution in [0.3, 0.4) is 0 Å². The first-order valence-electron chi connectivity index (χ1n) is 6.51. The van der Waals surface area contributed by atoms with E-state index < -0.39 is 0 Å². The molecule has 1 saturated heterocycles. The molecule has 1 amide bonds. The molecule has 0 bridgehead atoms. The summed E-state index contributed by atoms with van der Waals surface area (Å²) in [5.74, 6) is 0.313. The normalized spacial score (nSPS) is 21.9. The molecular formula is C13H27ClN2O2. The van der Waals surface area contributed by atoms with E-state index in [1.54, 1.807) is 7.11 Å². The molecule has 2 N–H and O–H groups in total. The van der Waals surface area contributed by atoms with E-state index in [2.05, 4.69) is 10.6 Å². The lowest BCUT2D eigenvalue weighted by atomic mass is 9.96. The van der Waals surface area contributed by atoms with Crippen molar-refractivity contribution in [1.82, 2.24) is 10.6 Å². The molecule has 0 spiro atoms. The van der Waals surface area contributed by atoms with E-state index in [1.807, 2.05) is 20.8 Å². The fourth-order valence-electron chi connectivity index (χ4n) is 2.31. The molecule has 108 valence electrons. The largest absolute Gasteiger partial charge is 0.379 e. The van der Waals surface area contributed by atoms with Gasteiger partial charge in [0.2, 0.25) is 5.91 Å². The zero-order valence-electron chi connectivity index (χ0n) is 11.9. The van der Waals surface area contributed by atoms with E-state index in [4.69, 9.17) is 4.74 Å². The molecule has 1 aliphatic heterocycles. The van der Waals surface area contributed by atoms with Gasteiger partial charge in [-0.3, -0.25) is 4.79 Å². The number of rotatable bonds is 5. The summed E-state index contributed by atoms with van der Waals surface area (Å²) in [5, 5.41) is 6.34. The van der Waals surface area contributed by atoms with Crippen molar-refractivity contribution < 1.29 is 9.53 Å². The Balaban J connectivity index is 0.00000289. The highest BCUT2D eigenvalue weighted by Gasteiger charge is 2.25. The monoisotopic (exact) mass is 278 g/mol. The Morgan fingerprint density at radius 1 is 1.56 bits per heavy atom.